The Kier molecular flexibility index (Phi) is 4.38. The standard InChI is InChI=1S/C12H12FNS.C4H4N2O2/c1-7-9(13)5-10-12(14-6-15-10)11(7)8-3-2-4-8;7-4(8)6-2-1-5-3-6/h5-6,8H,2-4H2,1H3;1-3H,(H,7,8). The monoisotopic (exact) mass is 333 g/mol. The number of fused-ring (bicyclic) bond motifs is 1. The molecular weight excluding hydrogens is 317 g/mol. The predicted octanol–water partition coefficient (Wildman–Crippen LogP) is 4.42. The molecule has 0 saturated heterocycles. The first-order valence-corrected chi connectivity index (χ1v) is 8.19. The lowest BCUT2D eigenvalue weighted by Gasteiger charge is -2.27. The quantitative estimate of drug-likeness (QED) is 0.716. The molecule has 4 rings (SSSR count). The van der Waals surface area contributed by atoms with Crippen LogP contribution < -0.4 is 0 Å². The van der Waals surface area contributed by atoms with E-state index in [-0.39, 0.29) is 5.82 Å². The summed E-state index contributed by atoms with van der Waals surface area (Å²) >= 11 is 1.53. The summed E-state index contributed by atoms with van der Waals surface area (Å²) in [6.07, 6.45) is 6.64. The molecule has 2 heterocycles. The number of rotatable bonds is 1. The number of halogens is 1. The lowest BCUT2D eigenvalue weighted by Crippen LogP contribution is -2.11. The van der Waals surface area contributed by atoms with Gasteiger partial charge >= 0.3 is 6.09 Å². The molecule has 23 heavy (non-hydrogen) atoms. The Morgan fingerprint density at radius 3 is 2.78 bits per heavy atom. The van der Waals surface area contributed by atoms with Gasteiger partial charge in [0, 0.05) is 12.4 Å². The summed E-state index contributed by atoms with van der Waals surface area (Å²) in [6.45, 7) is 1.88. The molecule has 0 unspecified atom stereocenters. The van der Waals surface area contributed by atoms with Crippen molar-refractivity contribution in [2.45, 2.75) is 32.1 Å². The first-order valence-electron chi connectivity index (χ1n) is 7.31. The van der Waals surface area contributed by atoms with Gasteiger partial charge in [-0.1, -0.05) is 6.42 Å². The number of carboxylic acid groups (broad SMARTS) is 1. The average molecular weight is 333 g/mol. The maximum Gasteiger partial charge on any atom is 0.416 e. The Bertz CT molecular complexity index is 825. The van der Waals surface area contributed by atoms with Gasteiger partial charge in [0.2, 0.25) is 0 Å². The van der Waals surface area contributed by atoms with Crippen LogP contribution in [0.25, 0.3) is 10.2 Å². The zero-order chi connectivity index (χ0) is 16.4. The molecule has 0 spiro atoms. The van der Waals surface area contributed by atoms with Crippen LogP contribution in [0.1, 0.15) is 36.3 Å². The number of hydrogen-bond donors (Lipinski definition) is 1. The highest BCUT2D eigenvalue weighted by Gasteiger charge is 2.25. The minimum Gasteiger partial charge on any atom is -0.464 e. The fourth-order valence-corrected chi connectivity index (χ4v) is 3.38. The van der Waals surface area contributed by atoms with Crippen LogP contribution in [-0.2, 0) is 0 Å². The zero-order valence-electron chi connectivity index (χ0n) is 12.6. The molecule has 0 aliphatic heterocycles. The second-order valence-corrected chi connectivity index (χ2v) is 6.36. The minimum atomic E-state index is -1.01. The maximum absolute atomic E-state index is 13.7. The third-order valence-corrected chi connectivity index (χ3v) is 4.88. The molecule has 1 aliphatic rings. The Morgan fingerprint density at radius 2 is 2.26 bits per heavy atom. The topological polar surface area (TPSA) is 68.0 Å². The summed E-state index contributed by atoms with van der Waals surface area (Å²) in [4.78, 5) is 17.9. The summed E-state index contributed by atoms with van der Waals surface area (Å²) in [5.74, 6) is 0.471. The SMILES string of the molecule is Cc1c(F)cc2scnc2c1C1CCC1.O=C(O)n1ccnc1. The van der Waals surface area contributed by atoms with Gasteiger partial charge in [0.05, 0.1) is 15.7 Å². The minimum absolute atomic E-state index is 0.0753. The summed E-state index contributed by atoms with van der Waals surface area (Å²) in [7, 11) is 0. The van der Waals surface area contributed by atoms with Crippen molar-refractivity contribution in [3.05, 3.63) is 47.2 Å². The smallest absolute Gasteiger partial charge is 0.416 e. The number of carbonyl (C=O) groups is 1. The highest BCUT2D eigenvalue weighted by Crippen LogP contribution is 2.42. The number of aromatic nitrogens is 3. The van der Waals surface area contributed by atoms with E-state index in [0.29, 0.717) is 5.92 Å². The van der Waals surface area contributed by atoms with Crippen LogP contribution in [-0.4, -0.2) is 25.7 Å². The van der Waals surface area contributed by atoms with Crippen molar-refractivity contribution in [3.8, 4) is 0 Å². The van der Waals surface area contributed by atoms with Gasteiger partial charge in [-0.2, -0.15) is 0 Å². The molecule has 0 amide bonds. The lowest BCUT2D eigenvalue weighted by molar-refractivity contribution is 0.196. The van der Waals surface area contributed by atoms with E-state index in [1.165, 1.54) is 49.3 Å². The third kappa shape index (κ3) is 3.10. The van der Waals surface area contributed by atoms with Gasteiger partial charge in [-0.15, -0.1) is 11.3 Å². The molecule has 1 N–H and O–H groups in total. The highest BCUT2D eigenvalue weighted by atomic mass is 32.1. The second-order valence-electron chi connectivity index (χ2n) is 5.48. The van der Waals surface area contributed by atoms with Crippen LogP contribution in [0.3, 0.4) is 0 Å². The molecule has 0 atom stereocenters. The molecule has 5 nitrogen and oxygen atoms in total. The Balaban J connectivity index is 0.000000166. The van der Waals surface area contributed by atoms with E-state index in [1.807, 2.05) is 12.4 Å². The van der Waals surface area contributed by atoms with Gasteiger partial charge in [0.1, 0.15) is 12.1 Å². The maximum atomic E-state index is 13.7. The van der Waals surface area contributed by atoms with Gasteiger partial charge in [0.25, 0.3) is 0 Å². The summed E-state index contributed by atoms with van der Waals surface area (Å²) < 4.78 is 15.6. The molecule has 7 heteroatoms. The summed E-state index contributed by atoms with van der Waals surface area (Å²) in [5, 5.41) is 8.20. The molecule has 0 radical (unpaired) electrons. The van der Waals surface area contributed by atoms with Crippen molar-refractivity contribution in [3.63, 3.8) is 0 Å². The van der Waals surface area contributed by atoms with Crippen molar-refractivity contribution in [2.24, 2.45) is 0 Å². The number of benzene rings is 1. The van der Waals surface area contributed by atoms with Crippen LogP contribution in [0.5, 0.6) is 0 Å². The predicted molar refractivity (Wildman–Crippen MR) is 86.6 cm³/mol. The molecule has 2 aromatic heterocycles. The number of thiazole rings is 1. The fourth-order valence-electron chi connectivity index (χ4n) is 2.66. The molecule has 1 fully saturated rings. The molecule has 1 aliphatic carbocycles. The van der Waals surface area contributed by atoms with E-state index >= 15 is 0 Å². The van der Waals surface area contributed by atoms with Crippen molar-refractivity contribution < 1.29 is 14.3 Å². The van der Waals surface area contributed by atoms with Crippen molar-refractivity contribution in [1.82, 2.24) is 14.5 Å². The number of nitrogens with zero attached hydrogens (tertiary/aromatic N) is 3. The van der Waals surface area contributed by atoms with Crippen molar-refractivity contribution in [1.29, 1.82) is 0 Å². The Morgan fingerprint density at radius 1 is 1.48 bits per heavy atom. The van der Waals surface area contributed by atoms with Gasteiger partial charge in [-0.3, -0.25) is 0 Å². The van der Waals surface area contributed by atoms with Crippen LogP contribution in [0.4, 0.5) is 9.18 Å². The zero-order valence-corrected chi connectivity index (χ0v) is 13.4. The largest absolute Gasteiger partial charge is 0.464 e. The number of imidazole rings is 1. The first-order chi connectivity index (χ1) is 11.1. The van der Waals surface area contributed by atoms with Crippen LogP contribution in [0.2, 0.25) is 0 Å². The second kappa shape index (κ2) is 6.45. The molecular formula is C16H16FN3O2S. The van der Waals surface area contributed by atoms with E-state index in [0.717, 1.165) is 25.9 Å². The third-order valence-electron chi connectivity index (χ3n) is 4.11. The van der Waals surface area contributed by atoms with E-state index in [4.69, 9.17) is 5.11 Å². The molecule has 1 aromatic carbocycles. The lowest BCUT2D eigenvalue weighted by atomic mass is 9.78. The van der Waals surface area contributed by atoms with Gasteiger partial charge in [-0.25, -0.2) is 23.7 Å². The van der Waals surface area contributed by atoms with Crippen LogP contribution in [0, 0.1) is 12.7 Å². The molecule has 1 saturated carbocycles. The van der Waals surface area contributed by atoms with E-state index in [2.05, 4.69) is 9.97 Å². The van der Waals surface area contributed by atoms with E-state index < -0.39 is 6.09 Å². The average Bonchev–Trinajstić information content (AvgIpc) is 3.13. The molecule has 3 aromatic rings. The summed E-state index contributed by atoms with van der Waals surface area (Å²) in [6, 6.07) is 1.62. The Labute approximate surface area is 136 Å². The Hall–Kier alpha value is -2.28. The van der Waals surface area contributed by atoms with Crippen molar-refractivity contribution >= 4 is 27.6 Å². The molecule has 120 valence electrons. The van der Waals surface area contributed by atoms with Crippen molar-refractivity contribution in [2.75, 3.05) is 0 Å². The number of hydrogen-bond acceptors (Lipinski definition) is 4. The van der Waals surface area contributed by atoms with E-state index in [9.17, 15) is 9.18 Å². The first kappa shape index (κ1) is 15.6. The molecule has 0 bridgehead atoms. The van der Waals surface area contributed by atoms with Gasteiger partial charge in [0.15, 0.2) is 0 Å². The summed E-state index contributed by atoms with van der Waals surface area (Å²) in [5.41, 5.74) is 4.81. The normalized spacial score (nSPS) is 14.2. The van der Waals surface area contributed by atoms with Gasteiger partial charge < -0.3 is 5.11 Å². The highest BCUT2D eigenvalue weighted by molar-refractivity contribution is 7.16. The van der Waals surface area contributed by atoms with Crippen LogP contribution >= 0.6 is 11.3 Å². The fraction of sp³-hybridized carbons (Fsp3) is 0.312. The van der Waals surface area contributed by atoms with E-state index in [1.54, 1.807) is 6.07 Å². The van der Waals surface area contributed by atoms with Crippen LogP contribution in [0.15, 0.2) is 30.3 Å². The van der Waals surface area contributed by atoms with Gasteiger partial charge in [-0.05, 0) is 42.9 Å².